The summed E-state index contributed by atoms with van der Waals surface area (Å²) in [7, 11) is 0. The van der Waals surface area contributed by atoms with Gasteiger partial charge in [0.15, 0.2) is 4.34 Å². The molecule has 7 nitrogen and oxygen atoms in total. The number of pyridine rings is 1. The third-order valence-electron chi connectivity index (χ3n) is 2.01. The molecule has 2 heterocycles. The Morgan fingerprint density at radius 3 is 2.86 bits per heavy atom. The van der Waals surface area contributed by atoms with Crippen LogP contribution in [0.15, 0.2) is 16.6 Å². The smallest absolute Gasteiger partial charge is 0.313 e. The van der Waals surface area contributed by atoms with Gasteiger partial charge in [0.1, 0.15) is 5.15 Å². The molecule has 0 aromatic carbocycles. The summed E-state index contributed by atoms with van der Waals surface area (Å²) in [5.74, 6) is -1.59. The minimum Gasteiger partial charge on any atom is -0.481 e. The van der Waals surface area contributed by atoms with E-state index in [1.807, 2.05) is 0 Å². The summed E-state index contributed by atoms with van der Waals surface area (Å²) in [6.07, 6.45) is 1.27. The Morgan fingerprint density at radius 1 is 1.38 bits per heavy atom. The van der Waals surface area contributed by atoms with Crippen LogP contribution in [0.2, 0.25) is 10.2 Å². The molecule has 21 heavy (non-hydrogen) atoms. The van der Waals surface area contributed by atoms with Gasteiger partial charge in [-0.15, -0.1) is 10.2 Å². The lowest BCUT2D eigenvalue weighted by Crippen LogP contribution is -2.12. The summed E-state index contributed by atoms with van der Waals surface area (Å²) in [6.45, 7) is 0. The van der Waals surface area contributed by atoms with Gasteiger partial charge in [-0.05, 0) is 6.07 Å². The van der Waals surface area contributed by atoms with Gasteiger partial charge >= 0.3 is 5.97 Å². The van der Waals surface area contributed by atoms with Crippen LogP contribution >= 0.6 is 46.3 Å². The first-order valence-corrected chi connectivity index (χ1v) is 7.82. The van der Waals surface area contributed by atoms with Gasteiger partial charge in [0, 0.05) is 6.20 Å². The number of carboxylic acid groups (broad SMARTS) is 1. The second-order valence-corrected chi connectivity index (χ2v) is 6.49. The molecule has 0 bridgehead atoms. The molecule has 0 spiro atoms. The highest BCUT2D eigenvalue weighted by Crippen LogP contribution is 2.26. The lowest BCUT2D eigenvalue weighted by molar-refractivity contribution is -0.133. The molecule has 0 fully saturated rings. The molecule has 2 rings (SSSR count). The summed E-state index contributed by atoms with van der Waals surface area (Å²) >= 11 is 13.6. The van der Waals surface area contributed by atoms with Crippen molar-refractivity contribution in [2.75, 3.05) is 11.1 Å². The van der Waals surface area contributed by atoms with Crippen molar-refractivity contribution >= 4 is 63.3 Å². The number of aliphatic carboxylic acids is 1. The van der Waals surface area contributed by atoms with Crippen LogP contribution in [-0.4, -0.2) is 37.9 Å². The van der Waals surface area contributed by atoms with E-state index < -0.39 is 11.9 Å². The molecule has 110 valence electrons. The number of anilines is 1. The Balaban J connectivity index is 2.06. The summed E-state index contributed by atoms with van der Waals surface area (Å²) in [4.78, 5) is 26.2. The van der Waals surface area contributed by atoms with E-state index in [0.29, 0.717) is 4.34 Å². The van der Waals surface area contributed by atoms with Gasteiger partial charge in [0.05, 0.1) is 16.3 Å². The topological polar surface area (TPSA) is 105 Å². The Bertz CT molecular complexity index is 695. The first-order chi connectivity index (χ1) is 9.95. The zero-order valence-electron chi connectivity index (χ0n) is 10.0. The molecule has 0 radical (unpaired) electrons. The number of aromatic nitrogens is 3. The maximum Gasteiger partial charge on any atom is 0.313 e. The highest BCUT2D eigenvalue weighted by Gasteiger charge is 2.15. The van der Waals surface area contributed by atoms with E-state index in [1.54, 1.807) is 0 Å². The standard InChI is InChI=1S/C10H6Cl2N4O3S2/c11-5-2-13-6(12)1-4(5)8(19)14-9-15-16-10(21-9)20-3-7(17)18/h1-2H,3H2,(H,17,18)(H,14,15,19). The van der Waals surface area contributed by atoms with E-state index in [2.05, 4.69) is 20.5 Å². The number of hydrogen-bond acceptors (Lipinski definition) is 7. The van der Waals surface area contributed by atoms with Gasteiger partial charge in [-0.3, -0.25) is 14.9 Å². The monoisotopic (exact) mass is 364 g/mol. The van der Waals surface area contributed by atoms with E-state index in [9.17, 15) is 9.59 Å². The largest absolute Gasteiger partial charge is 0.481 e. The van der Waals surface area contributed by atoms with Crippen molar-refractivity contribution in [2.45, 2.75) is 4.34 Å². The van der Waals surface area contributed by atoms with Gasteiger partial charge in [0.2, 0.25) is 5.13 Å². The Hall–Kier alpha value is -1.42. The molecule has 2 N–H and O–H groups in total. The maximum atomic E-state index is 12.0. The third kappa shape index (κ3) is 4.53. The molecule has 11 heteroatoms. The second kappa shape index (κ2) is 7.03. The molecule has 1 amide bonds. The second-order valence-electron chi connectivity index (χ2n) is 3.50. The highest BCUT2D eigenvalue weighted by atomic mass is 35.5. The van der Waals surface area contributed by atoms with E-state index in [4.69, 9.17) is 28.3 Å². The number of nitrogens with one attached hydrogen (secondary N) is 1. The molecule has 0 saturated carbocycles. The first kappa shape index (κ1) is 16.0. The number of carbonyl (C=O) groups excluding carboxylic acids is 1. The van der Waals surface area contributed by atoms with E-state index in [1.165, 1.54) is 12.3 Å². The summed E-state index contributed by atoms with van der Waals surface area (Å²) < 4.78 is 0.437. The van der Waals surface area contributed by atoms with Crippen molar-refractivity contribution < 1.29 is 14.7 Å². The Morgan fingerprint density at radius 2 is 2.14 bits per heavy atom. The average molecular weight is 365 g/mol. The number of halogens is 2. The van der Waals surface area contributed by atoms with Crippen molar-refractivity contribution in [1.82, 2.24) is 15.2 Å². The number of nitrogens with zero attached hydrogens (tertiary/aromatic N) is 3. The van der Waals surface area contributed by atoms with Crippen LogP contribution in [0.5, 0.6) is 0 Å². The van der Waals surface area contributed by atoms with Crippen LogP contribution in [0.4, 0.5) is 5.13 Å². The van der Waals surface area contributed by atoms with E-state index in [-0.39, 0.29) is 26.6 Å². The van der Waals surface area contributed by atoms with Gasteiger partial charge in [-0.25, -0.2) is 4.98 Å². The molecule has 0 unspecified atom stereocenters. The predicted molar refractivity (Wildman–Crippen MR) is 80.5 cm³/mol. The van der Waals surface area contributed by atoms with E-state index >= 15 is 0 Å². The van der Waals surface area contributed by atoms with Crippen molar-refractivity contribution in [2.24, 2.45) is 0 Å². The predicted octanol–water partition coefficient (Wildman–Crippen LogP) is 2.67. The number of carbonyl (C=O) groups is 2. The highest BCUT2D eigenvalue weighted by molar-refractivity contribution is 8.01. The maximum absolute atomic E-state index is 12.0. The van der Waals surface area contributed by atoms with Crippen LogP contribution in [0, 0.1) is 0 Å². The molecule has 0 atom stereocenters. The number of carboxylic acids is 1. The van der Waals surface area contributed by atoms with Crippen LogP contribution in [0.1, 0.15) is 10.4 Å². The lowest BCUT2D eigenvalue weighted by Gasteiger charge is -2.03. The molecule has 0 saturated heterocycles. The van der Waals surface area contributed by atoms with Gasteiger partial charge in [-0.1, -0.05) is 46.3 Å². The van der Waals surface area contributed by atoms with Gasteiger partial charge in [0.25, 0.3) is 5.91 Å². The van der Waals surface area contributed by atoms with Crippen molar-refractivity contribution in [1.29, 1.82) is 0 Å². The van der Waals surface area contributed by atoms with Gasteiger partial charge in [-0.2, -0.15) is 0 Å². The molecule has 2 aromatic heterocycles. The molecular weight excluding hydrogens is 359 g/mol. The molecule has 0 aliphatic heterocycles. The first-order valence-electron chi connectivity index (χ1n) is 5.26. The molecule has 2 aromatic rings. The fourth-order valence-corrected chi connectivity index (χ4v) is 3.01. The molecule has 0 aliphatic carbocycles. The molecule has 0 aliphatic rings. The molecular formula is C10H6Cl2N4O3S2. The minimum absolute atomic E-state index is 0.131. The van der Waals surface area contributed by atoms with E-state index in [0.717, 1.165) is 23.1 Å². The van der Waals surface area contributed by atoms with Crippen molar-refractivity contribution in [3.05, 3.63) is 28.0 Å². The fourth-order valence-electron chi connectivity index (χ4n) is 1.19. The number of thioether (sulfide) groups is 1. The van der Waals surface area contributed by atoms with Crippen molar-refractivity contribution in [3.63, 3.8) is 0 Å². The summed E-state index contributed by atoms with van der Waals surface area (Å²) in [5, 5.41) is 19.1. The number of hydrogen-bond donors (Lipinski definition) is 2. The summed E-state index contributed by atoms with van der Waals surface area (Å²) in [5.41, 5.74) is 0.159. The lowest BCUT2D eigenvalue weighted by atomic mass is 10.2. The quantitative estimate of drug-likeness (QED) is 0.477. The van der Waals surface area contributed by atoms with Crippen LogP contribution in [0.25, 0.3) is 0 Å². The zero-order chi connectivity index (χ0) is 15.4. The minimum atomic E-state index is -0.959. The zero-order valence-corrected chi connectivity index (χ0v) is 13.2. The normalized spacial score (nSPS) is 10.4. The van der Waals surface area contributed by atoms with Gasteiger partial charge < -0.3 is 5.11 Å². The fraction of sp³-hybridized carbons (Fsp3) is 0.100. The van der Waals surface area contributed by atoms with Crippen LogP contribution in [-0.2, 0) is 4.79 Å². The van der Waals surface area contributed by atoms with Crippen molar-refractivity contribution in [3.8, 4) is 0 Å². The SMILES string of the molecule is O=C(O)CSc1nnc(NC(=O)c2cc(Cl)ncc2Cl)s1. The average Bonchev–Trinajstić information content (AvgIpc) is 2.86. The summed E-state index contributed by atoms with van der Waals surface area (Å²) in [6, 6.07) is 1.33. The van der Waals surface area contributed by atoms with Crippen LogP contribution in [0.3, 0.4) is 0 Å². The Labute approximate surface area is 136 Å². The third-order valence-corrected chi connectivity index (χ3v) is 4.48. The number of amides is 1. The Kier molecular flexibility index (Phi) is 5.34. The number of rotatable bonds is 5. The van der Waals surface area contributed by atoms with Crippen LogP contribution < -0.4 is 5.32 Å².